The van der Waals surface area contributed by atoms with Crippen LogP contribution in [0.2, 0.25) is 0 Å². The van der Waals surface area contributed by atoms with Gasteiger partial charge in [0.2, 0.25) is 0 Å². The summed E-state index contributed by atoms with van der Waals surface area (Å²) < 4.78 is 11.8. The first kappa shape index (κ1) is 21.4. The second-order valence-electron chi connectivity index (χ2n) is 8.51. The van der Waals surface area contributed by atoms with Crippen LogP contribution in [0.5, 0.6) is 5.75 Å². The van der Waals surface area contributed by atoms with Gasteiger partial charge in [-0.1, -0.05) is 56.3 Å². The third-order valence-electron chi connectivity index (χ3n) is 6.95. The lowest BCUT2D eigenvalue weighted by Gasteiger charge is -2.33. The molecule has 0 atom stereocenters. The number of hydrogen-bond donors (Lipinski definition) is 2. The van der Waals surface area contributed by atoms with Crippen LogP contribution in [0.25, 0.3) is 0 Å². The Morgan fingerprint density at radius 1 is 0.733 bits per heavy atom. The molecule has 0 saturated carbocycles. The lowest BCUT2D eigenvalue weighted by Crippen LogP contribution is -2.40. The van der Waals surface area contributed by atoms with Crippen molar-refractivity contribution in [2.45, 2.75) is 57.2 Å². The molecule has 4 nitrogen and oxygen atoms in total. The summed E-state index contributed by atoms with van der Waals surface area (Å²) in [5.74, 6) is 1.11. The van der Waals surface area contributed by atoms with Crippen molar-refractivity contribution < 1.29 is 9.47 Å². The maximum Gasteiger partial charge on any atom is 0.123 e. The van der Waals surface area contributed by atoms with Crippen molar-refractivity contribution in [3.05, 3.63) is 65.2 Å². The number of benzene rings is 2. The second kappa shape index (κ2) is 9.51. The van der Waals surface area contributed by atoms with Gasteiger partial charge in [-0.05, 0) is 69.1 Å². The van der Waals surface area contributed by atoms with E-state index in [0.29, 0.717) is 5.41 Å². The van der Waals surface area contributed by atoms with Crippen LogP contribution < -0.4 is 15.4 Å². The summed E-state index contributed by atoms with van der Waals surface area (Å²) in [5.41, 5.74) is 4.61. The van der Waals surface area contributed by atoms with Crippen molar-refractivity contribution in [3.8, 4) is 5.75 Å². The number of piperidine rings is 2. The molecule has 2 aromatic rings. The van der Waals surface area contributed by atoms with Crippen molar-refractivity contribution in [2.24, 2.45) is 0 Å². The van der Waals surface area contributed by atoms with Crippen LogP contribution in [-0.4, -0.2) is 32.8 Å². The number of rotatable bonds is 0. The Balaban J connectivity index is 0.000000134. The van der Waals surface area contributed by atoms with E-state index in [1.807, 2.05) is 13.8 Å². The predicted octanol–water partition coefficient (Wildman–Crippen LogP) is 4.52. The molecule has 0 aliphatic carbocycles. The summed E-state index contributed by atoms with van der Waals surface area (Å²) in [7, 11) is 0. The zero-order valence-electron chi connectivity index (χ0n) is 18.5. The van der Waals surface area contributed by atoms with E-state index in [9.17, 15) is 0 Å². The van der Waals surface area contributed by atoms with Crippen molar-refractivity contribution >= 4 is 0 Å². The first-order valence-corrected chi connectivity index (χ1v) is 11.7. The van der Waals surface area contributed by atoms with Crippen molar-refractivity contribution in [2.75, 3.05) is 32.8 Å². The third kappa shape index (κ3) is 4.01. The minimum atomic E-state index is 0.0435. The van der Waals surface area contributed by atoms with Gasteiger partial charge in [0, 0.05) is 11.0 Å². The molecule has 4 heteroatoms. The van der Waals surface area contributed by atoms with E-state index in [4.69, 9.17) is 9.47 Å². The highest BCUT2D eigenvalue weighted by molar-refractivity contribution is 5.44. The Hall–Kier alpha value is -1.88. The van der Waals surface area contributed by atoms with Gasteiger partial charge in [0.25, 0.3) is 0 Å². The Labute approximate surface area is 181 Å². The topological polar surface area (TPSA) is 42.5 Å². The lowest BCUT2D eigenvalue weighted by atomic mass is 9.75. The van der Waals surface area contributed by atoms with Gasteiger partial charge in [0.05, 0.1) is 18.8 Å². The molecule has 0 unspecified atom stereocenters. The van der Waals surface area contributed by atoms with Crippen LogP contribution in [0, 0.1) is 0 Å². The predicted molar refractivity (Wildman–Crippen MR) is 122 cm³/mol. The van der Waals surface area contributed by atoms with E-state index in [1.54, 1.807) is 0 Å². The maximum absolute atomic E-state index is 6.01. The summed E-state index contributed by atoms with van der Waals surface area (Å²) in [5, 5.41) is 6.80. The highest BCUT2D eigenvalue weighted by Gasteiger charge is 2.41. The van der Waals surface area contributed by atoms with Gasteiger partial charge in [-0.2, -0.15) is 0 Å². The smallest absolute Gasteiger partial charge is 0.123 e. The molecule has 4 aliphatic heterocycles. The molecule has 6 rings (SSSR count). The first-order chi connectivity index (χ1) is 14.8. The molecule has 2 saturated heterocycles. The largest absolute Gasteiger partial charge is 0.492 e. The summed E-state index contributed by atoms with van der Waals surface area (Å²) in [6.07, 6.45) is 4.65. The fourth-order valence-corrected chi connectivity index (χ4v) is 5.27. The normalized spacial score (nSPS) is 22.1. The summed E-state index contributed by atoms with van der Waals surface area (Å²) in [6, 6.07) is 17.1. The van der Waals surface area contributed by atoms with Crippen molar-refractivity contribution in [1.29, 1.82) is 0 Å². The second-order valence-corrected chi connectivity index (χ2v) is 8.51. The standard InChI is InChI=1S/2C12H15NO.C2H6/c1-2-4-11-10(3-1)12(9-14-11)5-7-13-8-6-12;1-2-4-11-10(3-1)9-14-12(11)5-7-13-8-6-12;1-2/h2*1-4,13H,5-9H2;1-2H3. The number of hydrogen-bond acceptors (Lipinski definition) is 4. The molecule has 0 aromatic heterocycles. The van der Waals surface area contributed by atoms with E-state index >= 15 is 0 Å². The SMILES string of the molecule is CC.c1ccc2c(c1)COC21CCNCC1.c1ccc2c(c1)OCC21CCNCC1. The van der Waals surface area contributed by atoms with Crippen molar-refractivity contribution in [3.63, 3.8) is 0 Å². The van der Waals surface area contributed by atoms with E-state index in [1.165, 1.54) is 29.5 Å². The molecule has 4 heterocycles. The minimum Gasteiger partial charge on any atom is -0.492 e. The molecule has 2 N–H and O–H groups in total. The Morgan fingerprint density at radius 2 is 1.33 bits per heavy atom. The third-order valence-corrected chi connectivity index (χ3v) is 6.95. The lowest BCUT2D eigenvalue weighted by molar-refractivity contribution is -0.0590. The van der Waals surface area contributed by atoms with E-state index in [2.05, 4.69) is 59.2 Å². The zero-order valence-corrected chi connectivity index (χ0v) is 18.5. The van der Waals surface area contributed by atoms with E-state index in [-0.39, 0.29) is 5.60 Å². The molecule has 0 radical (unpaired) electrons. The van der Waals surface area contributed by atoms with Gasteiger partial charge < -0.3 is 20.1 Å². The molecular formula is C26H36N2O2. The fourth-order valence-electron chi connectivity index (χ4n) is 5.27. The highest BCUT2D eigenvalue weighted by Crippen LogP contribution is 2.44. The maximum atomic E-state index is 6.01. The number of nitrogens with one attached hydrogen (secondary N) is 2. The molecular weight excluding hydrogens is 372 g/mol. The summed E-state index contributed by atoms with van der Waals surface area (Å²) in [4.78, 5) is 0. The summed E-state index contributed by atoms with van der Waals surface area (Å²) in [6.45, 7) is 10.1. The fraction of sp³-hybridized carbons (Fsp3) is 0.538. The van der Waals surface area contributed by atoms with Gasteiger partial charge in [-0.3, -0.25) is 0 Å². The van der Waals surface area contributed by atoms with Gasteiger partial charge in [-0.25, -0.2) is 0 Å². The van der Waals surface area contributed by atoms with Gasteiger partial charge >= 0.3 is 0 Å². The van der Waals surface area contributed by atoms with E-state index < -0.39 is 0 Å². The number of para-hydroxylation sites is 1. The molecule has 0 bridgehead atoms. The van der Waals surface area contributed by atoms with Gasteiger partial charge in [-0.15, -0.1) is 0 Å². The van der Waals surface area contributed by atoms with Crippen LogP contribution in [-0.2, 0) is 22.4 Å². The van der Waals surface area contributed by atoms with Crippen LogP contribution in [0.15, 0.2) is 48.5 Å². The zero-order chi connectivity index (χ0) is 20.9. The Bertz CT molecular complexity index is 743. The minimum absolute atomic E-state index is 0.0435. The molecule has 162 valence electrons. The Kier molecular flexibility index (Phi) is 6.77. The average molecular weight is 409 g/mol. The van der Waals surface area contributed by atoms with Crippen LogP contribution in [0.4, 0.5) is 0 Å². The average Bonchev–Trinajstić information content (AvgIpc) is 3.36. The molecule has 4 aliphatic rings. The molecule has 0 amide bonds. The van der Waals surface area contributed by atoms with Gasteiger partial charge in [0.1, 0.15) is 5.75 Å². The van der Waals surface area contributed by atoms with Crippen LogP contribution >= 0.6 is 0 Å². The molecule has 30 heavy (non-hydrogen) atoms. The number of ether oxygens (including phenoxy) is 2. The van der Waals surface area contributed by atoms with Gasteiger partial charge in [0.15, 0.2) is 0 Å². The van der Waals surface area contributed by atoms with Crippen LogP contribution in [0.1, 0.15) is 56.2 Å². The highest BCUT2D eigenvalue weighted by atomic mass is 16.5. The van der Waals surface area contributed by atoms with Crippen LogP contribution in [0.3, 0.4) is 0 Å². The summed E-state index contributed by atoms with van der Waals surface area (Å²) >= 11 is 0. The molecule has 2 spiro atoms. The quantitative estimate of drug-likeness (QED) is 0.673. The Morgan fingerprint density at radius 3 is 2.07 bits per heavy atom. The first-order valence-electron chi connectivity index (χ1n) is 11.7. The molecule has 2 fully saturated rings. The van der Waals surface area contributed by atoms with E-state index in [0.717, 1.165) is 58.0 Å². The molecule has 2 aromatic carbocycles. The monoisotopic (exact) mass is 408 g/mol. The van der Waals surface area contributed by atoms with Crippen molar-refractivity contribution in [1.82, 2.24) is 10.6 Å². The number of fused-ring (bicyclic) bond motifs is 4.